The van der Waals surface area contributed by atoms with Crippen molar-refractivity contribution in [3.63, 3.8) is 0 Å². The lowest BCUT2D eigenvalue weighted by molar-refractivity contribution is -0.125. The molecule has 6 unspecified atom stereocenters. The molecule has 140 valence electrons. The van der Waals surface area contributed by atoms with Crippen LogP contribution in [0.4, 0.5) is 0 Å². The third kappa shape index (κ3) is 2.95. The molecule has 3 saturated carbocycles. The summed E-state index contributed by atoms with van der Waals surface area (Å²) in [7, 11) is 0. The van der Waals surface area contributed by atoms with Crippen LogP contribution in [0, 0.1) is 29.1 Å². The molecule has 4 rings (SSSR count). The van der Waals surface area contributed by atoms with E-state index in [0.29, 0.717) is 36.0 Å². The first-order valence-corrected chi connectivity index (χ1v) is 10.5. The molecule has 0 spiro atoms. The highest BCUT2D eigenvalue weighted by Gasteiger charge is 2.59. The summed E-state index contributed by atoms with van der Waals surface area (Å²) >= 11 is 0. The molecule has 0 amide bonds. The highest BCUT2D eigenvalue weighted by Crippen LogP contribution is 2.64. The number of fused-ring (bicyclic) bond motifs is 5. The van der Waals surface area contributed by atoms with Crippen LogP contribution < -0.4 is 0 Å². The van der Waals surface area contributed by atoms with Crippen LogP contribution >= 0.6 is 0 Å². The molecular formula is C23H36O2. The summed E-state index contributed by atoms with van der Waals surface area (Å²) < 4.78 is 0. The van der Waals surface area contributed by atoms with Crippen molar-refractivity contribution in [2.75, 3.05) is 0 Å². The Morgan fingerprint density at radius 2 is 1.88 bits per heavy atom. The Morgan fingerprint density at radius 1 is 1.16 bits per heavy atom. The monoisotopic (exact) mass is 344 g/mol. The lowest BCUT2D eigenvalue weighted by Gasteiger charge is -2.56. The Hall–Kier alpha value is -0.890. The highest BCUT2D eigenvalue weighted by molar-refractivity contribution is 5.92. The zero-order valence-corrected chi connectivity index (χ0v) is 16.4. The summed E-state index contributed by atoms with van der Waals surface area (Å²) in [4.78, 5) is 11.7. The van der Waals surface area contributed by atoms with E-state index >= 15 is 0 Å². The molecule has 4 aliphatic carbocycles. The van der Waals surface area contributed by atoms with Crippen LogP contribution in [0.5, 0.6) is 0 Å². The molecule has 0 aromatic rings. The van der Waals surface area contributed by atoms with Gasteiger partial charge in [0.15, 0.2) is 5.78 Å². The molecule has 0 heterocycles. The molecule has 0 radical (unpaired) electrons. The van der Waals surface area contributed by atoms with Crippen LogP contribution in [-0.2, 0) is 4.79 Å². The van der Waals surface area contributed by atoms with Crippen LogP contribution in [0.2, 0.25) is 0 Å². The first-order chi connectivity index (χ1) is 11.9. The predicted molar refractivity (Wildman–Crippen MR) is 103 cm³/mol. The van der Waals surface area contributed by atoms with Crippen molar-refractivity contribution in [2.24, 2.45) is 29.1 Å². The van der Waals surface area contributed by atoms with Crippen molar-refractivity contribution in [3.05, 3.63) is 24.3 Å². The zero-order chi connectivity index (χ0) is 18.2. The normalized spacial score (nSPS) is 45.3. The van der Waals surface area contributed by atoms with Crippen LogP contribution in [0.25, 0.3) is 0 Å². The quantitative estimate of drug-likeness (QED) is 0.641. The topological polar surface area (TPSA) is 37.3 Å². The maximum Gasteiger partial charge on any atom is 0.155 e. The second-order valence-electron chi connectivity index (χ2n) is 9.15. The van der Waals surface area contributed by atoms with E-state index in [4.69, 9.17) is 0 Å². The third-order valence-corrected chi connectivity index (χ3v) is 7.80. The smallest absolute Gasteiger partial charge is 0.155 e. The molecule has 0 aromatic heterocycles. The Kier molecular flexibility index (Phi) is 5.31. The van der Waals surface area contributed by atoms with Crippen LogP contribution in [0.3, 0.4) is 0 Å². The largest absolute Gasteiger partial charge is 0.385 e. The summed E-state index contributed by atoms with van der Waals surface area (Å²) in [6.45, 7) is 10.8. The van der Waals surface area contributed by atoms with E-state index in [0.717, 1.165) is 30.8 Å². The Bertz CT molecular complexity index is 562. The summed E-state index contributed by atoms with van der Waals surface area (Å²) in [6.07, 6.45) is 13.4. The second-order valence-corrected chi connectivity index (χ2v) is 9.15. The third-order valence-electron chi connectivity index (χ3n) is 7.80. The number of hydrogen-bond acceptors (Lipinski definition) is 2. The number of carbonyl (C=O) groups excluding carboxylic acids is 1. The maximum absolute atomic E-state index is 11.7. The van der Waals surface area contributed by atoms with Crippen molar-refractivity contribution >= 4 is 5.78 Å². The van der Waals surface area contributed by atoms with E-state index in [9.17, 15) is 9.90 Å². The fourth-order valence-corrected chi connectivity index (χ4v) is 6.61. The van der Waals surface area contributed by atoms with Gasteiger partial charge in [0.05, 0.1) is 5.60 Å². The van der Waals surface area contributed by atoms with Gasteiger partial charge in [-0.25, -0.2) is 0 Å². The predicted octanol–water partition coefficient (Wildman–Crippen LogP) is 5.46. The molecule has 0 bridgehead atoms. The van der Waals surface area contributed by atoms with Crippen molar-refractivity contribution in [1.29, 1.82) is 0 Å². The van der Waals surface area contributed by atoms with Crippen LogP contribution in [0.15, 0.2) is 24.3 Å². The molecule has 2 heteroatoms. The Morgan fingerprint density at radius 3 is 2.56 bits per heavy atom. The SMILES string of the molecule is C=CC1CCC2C3CCC4=CC(=O)CCC4(O)C3CCC12C.CCC. The van der Waals surface area contributed by atoms with Gasteiger partial charge in [-0.1, -0.05) is 33.3 Å². The molecule has 4 aliphatic rings. The van der Waals surface area contributed by atoms with E-state index in [1.54, 1.807) is 6.08 Å². The van der Waals surface area contributed by atoms with E-state index in [1.807, 2.05) is 0 Å². The number of ketones is 1. The van der Waals surface area contributed by atoms with Crippen LogP contribution in [0.1, 0.15) is 78.6 Å². The number of aliphatic hydroxyl groups is 1. The summed E-state index contributed by atoms with van der Waals surface area (Å²) in [5, 5.41) is 11.4. The molecule has 0 aromatic carbocycles. The fourth-order valence-electron chi connectivity index (χ4n) is 6.61. The summed E-state index contributed by atoms with van der Waals surface area (Å²) in [5.74, 6) is 2.61. The first-order valence-electron chi connectivity index (χ1n) is 10.5. The molecule has 3 fully saturated rings. The lowest BCUT2D eigenvalue weighted by atomic mass is 9.50. The molecule has 0 aliphatic heterocycles. The number of rotatable bonds is 1. The summed E-state index contributed by atoms with van der Waals surface area (Å²) in [5.41, 5.74) is 0.766. The minimum absolute atomic E-state index is 0.214. The average molecular weight is 345 g/mol. The number of carbonyl (C=O) groups is 1. The van der Waals surface area contributed by atoms with Gasteiger partial charge in [-0.2, -0.15) is 0 Å². The molecule has 6 atom stereocenters. The Balaban J connectivity index is 0.000000569. The number of allylic oxidation sites excluding steroid dienone is 1. The van der Waals surface area contributed by atoms with E-state index in [-0.39, 0.29) is 5.78 Å². The maximum atomic E-state index is 11.7. The second kappa shape index (κ2) is 7.02. The minimum atomic E-state index is -0.676. The van der Waals surface area contributed by atoms with Gasteiger partial charge in [0.1, 0.15) is 0 Å². The number of hydrogen-bond donors (Lipinski definition) is 1. The van der Waals surface area contributed by atoms with Gasteiger partial charge in [-0.15, -0.1) is 6.58 Å². The highest BCUT2D eigenvalue weighted by atomic mass is 16.3. The molecular weight excluding hydrogens is 308 g/mol. The van der Waals surface area contributed by atoms with E-state index in [1.165, 1.54) is 25.7 Å². The molecule has 0 saturated heterocycles. The lowest BCUT2D eigenvalue weighted by Crippen LogP contribution is -2.55. The minimum Gasteiger partial charge on any atom is -0.385 e. The van der Waals surface area contributed by atoms with Gasteiger partial charge in [0.25, 0.3) is 0 Å². The van der Waals surface area contributed by atoms with Gasteiger partial charge in [-0.05, 0) is 85.7 Å². The van der Waals surface area contributed by atoms with Gasteiger partial charge in [0, 0.05) is 6.42 Å². The van der Waals surface area contributed by atoms with Gasteiger partial charge in [-0.3, -0.25) is 4.79 Å². The average Bonchev–Trinajstić information content (AvgIpc) is 2.92. The van der Waals surface area contributed by atoms with E-state index < -0.39 is 5.60 Å². The Labute approximate surface area is 153 Å². The molecule has 25 heavy (non-hydrogen) atoms. The molecule has 1 N–H and O–H groups in total. The van der Waals surface area contributed by atoms with Crippen LogP contribution in [-0.4, -0.2) is 16.5 Å². The van der Waals surface area contributed by atoms with Crippen molar-refractivity contribution in [1.82, 2.24) is 0 Å². The van der Waals surface area contributed by atoms with E-state index in [2.05, 4.69) is 33.4 Å². The van der Waals surface area contributed by atoms with Crippen molar-refractivity contribution in [2.45, 2.75) is 84.2 Å². The first kappa shape index (κ1) is 18.9. The van der Waals surface area contributed by atoms with Gasteiger partial charge < -0.3 is 5.11 Å². The standard InChI is InChI=1S/C20H28O2.C3H8/c1-3-13-5-7-17-16-6-4-14-12-15(21)8-11-20(14,22)18(16)9-10-19(13,17)2;1-3-2/h3,12-13,16-18,22H,1,4-11H2,2H3;3H2,1-2H3. The van der Waals surface area contributed by atoms with Gasteiger partial charge >= 0.3 is 0 Å². The van der Waals surface area contributed by atoms with Crippen molar-refractivity contribution in [3.8, 4) is 0 Å². The van der Waals surface area contributed by atoms with Crippen molar-refractivity contribution < 1.29 is 9.90 Å². The fraction of sp³-hybridized carbons (Fsp3) is 0.783. The zero-order valence-electron chi connectivity index (χ0n) is 16.4. The van der Waals surface area contributed by atoms with Gasteiger partial charge in [0.2, 0.25) is 0 Å². The summed E-state index contributed by atoms with van der Waals surface area (Å²) in [6, 6.07) is 0. The molecule has 2 nitrogen and oxygen atoms in total.